The van der Waals surface area contributed by atoms with Crippen LogP contribution in [0.1, 0.15) is 305 Å². The fraction of sp³-hybridized carbons (Fsp3) is 0.964. The van der Waals surface area contributed by atoms with Crippen LogP contribution < -0.4 is 0 Å². The van der Waals surface area contributed by atoms with Crippen molar-refractivity contribution in [2.75, 3.05) is 26.3 Å². The minimum atomic E-state index is -0.969. The van der Waals surface area contributed by atoms with E-state index in [-0.39, 0.29) is 12.4 Å². The number of esters is 2. The van der Waals surface area contributed by atoms with Gasteiger partial charge in [-0.05, 0) is 37.5 Å². The molecule has 0 fully saturated rings. The zero-order valence-corrected chi connectivity index (χ0v) is 43.0. The quantitative estimate of drug-likeness (QED) is 0.0345. The number of rotatable bonds is 51. The maximum atomic E-state index is 13.7. The average Bonchev–Trinajstić information content (AvgIpc) is 3.28. The molecule has 0 rings (SSSR count). The van der Waals surface area contributed by atoms with Gasteiger partial charge >= 0.3 is 11.9 Å². The van der Waals surface area contributed by atoms with Crippen LogP contribution in [0.4, 0.5) is 0 Å². The first-order valence-electron chi connectivity index (χ1n) is 28.2. The second kappa shape index (κ2) is 49.3. The summed E-state index contributed by atoms with van der Waals surface area (Å²) in [6.45, 7) is 15.7. The normalized spacial score (nSPS) is 13.1. The first-order valence-corrected chi connectivity index (χ1v) is 28.2. The van der Waals surface area contributed by atoms with Crippen molar-refractivity contribution in [3.05, 3.63) is 0 Å². The van der Waals surface area contributed by atoms with Crippen molar-refractivity contribution in [3.63, 3.8) is 0 Å². The van der Waals surface area contributed by atoms with Crippen molar-refractivity contribution < 1.29 is 23.9 Å². The number of carbonyl (C=O) groups excluding carboxylic acids is 2. The average molecular weight is 879 g/mol. The van der Waals surface area contributed by atoms with E-state index in [1.165, 1.54) is 193 Å². The molecule has 0 aliphatic rings. The lowest BCUT2D eigenvalue weighted by atomic mass is 10.0. The molecule has 0 spiro atoms. The zero-order valence-electron chi connectivity index (χ0n) is 43.0. The zero-order chi connectivity index (χ0) is 45.4. The molecule has 0 radical (unpaired) electrons. The van der Waals surface area contributed by atoms with E-state index in [4.69, 9.17) is 14.3 Å². The maximum Gasteiger partial charge on any atom is 0.338 e. The van der Waals surface area contributed by atoms with E-state index in [1.807, 2.05) is 5.06 Å². The molecule has 0 aromatic rings. The van der Waals surface area contributed by atoms with E-state index in [1.54, 1.807) is 0 Å². The molecule has 0 bridgehead atoms. The van der Waals surface area contributed by atoms with Crippen LogP contribution in [0.3, 0.4) is 0 Å². The molecule has 3 atom stereocenters. The first-order chi connectivity index (χ1) is 30.4. The van der Waals surface area contributed by atoms with Gasteiger partial charge in [0, 0.05) is 13.1 Å². The highest BCUT2D eigenvalue weighted by molar-refractivity contribution is 5.81. The predicted octanol–water partition coefficient (Wildman–Crippen LogP) is 18.0. The summed E-state index contributed by atoms with van der Waals surface area (Å²) < 4.78 is 11.7. The minimum Gasteiger partial charge on any atom is -0.465 e. The molecule has 62 heavy (non-hydrogen) atoms. The fourth-order valence-corrected chi connectivity index (χ4v) is 8.74. The molecule has 3 unspecified atom stereocenters. The van der Waals surface area contributed by atoms with Crippen molar-refractivity contribution in [1.82, 2.24) is 5.06 Å². The van der Waals surface area contributed by atoms with Crippen LogP contribution in [0.2, 0.25) is 0 Å². The van der Waals surface area contributed by atoms with Gasteiger partial charge in [-0.2, -0.15) is 5.06 Å². The lowest BCUT2D eigenvalue weighted by Gasteiger charge is -2.27. The molecule has 0 aromatic heterocycles. The van der Waals surface area contributed by atoms with Crippen molar-refractivity contribution in [1.29, 1.82) is 0 Å². The fourth-order valence-electron chi connectivity index (χ4n) is 8.74. The summed E-state index contributed by atoms with van der Waals surface area (Å²) in [6.07, 6.45) is 50.5. The van der Waals surface area contributed by atoms with Gasteiger partial charge in [0.05, 0.1) is 19.6 Å². The number of hydrogen-bond donors (Lipinski definition) is 0. The van der Waals surface area contributed by atoms with Gasteiger partial charge in [-0.3, -0.25) is 9.63 Å². The highest BCUT2D eigenvalue weighted by Gasteiger charge is 2.29. The molecule has 370 valence electrons. The Kier molecular flexibility index (Phi) is 48.4. The number of hydrogen-bond acceptors (Lipinski definition) is 6. The van der Waals surface area contributed by atoms with E-state index in [0.717, 1.165) is 77.3 Å². The highest BCUT2D eigenvalue weighted by Crippen LogP contribution is 2.20. The Labute approximate surface area is 388 Å². The third-order valence-electron chi connectivity index (χ3n) is 13.4. The molecular weight excluding hydrogens is 767 g/mol. The van der Waals surface area contributed by atoms with Crippen LogP contribution in [0.25, 0.3) is 0 Å². The van der Waals surface area contributed by atoms with E-state index in [2.05, 4.69) is 41.5 Å². The van der Waals surface area contributed by atoms with Crippen LogP contribution in [-0.4, -0.2) is 49.4 Å². The van der Waals surface area contributed by atoms with Crippen molar-refractivity contribution in [2.24, 2.45) is 11.8 Å². The lowest BCUT2D eigenvalue weighted by molar-refractivity contribution is -0.218. The topological polar surface area (TPSA) is 65.1 Å². The molecule has 0 saturated heterocycles. The Bertz CT molecular complexity index is 877. The summed E-state index contributed by atoms with van der Waals surface area (Å²) in [6, 6.07) is 0. The molecule has 6 heteroatoms. The Morgan fingerprint density at radius 3 is 0.968 bits per heavy atom. The minimum absolute atomic E-state index is 0.0940. The van der Waals surface area contributed by atoms with E-state index < -0.39 is 12.1 Å². The summed E-state index contributed by atoms with van der Waals surface area (Å²) in [7, 11) is 0. The summed E-state index contributed by atoms with van der Waals surface area (Å²) in [5.74, 6) is -0.0827. The lowest BCUT2D eigenvalue weighted by Crippen LogP contribution is -2.39. The molecule has 0 aromatic carbocycles. The second-order valence-corrected chi connectivity index (χ2v) is 19.5. The van der Waals surface area contributed by atoms with Gasteiger partial charge in [0.1, 0.15) is 0 Å². The summed E-state index contributed by atoms with van der Waals surface area (Å²) in [4.78, 5) is 33.5. The molecular formula is C56H111NO5. The summed E-state index contributed by atoms with van der Waals surface area (Å²) in [5.41, 5.74) is 0. The van der Waals surface area contributed by atoms with Gasteiger partial charge in [-0.1, -0.05) is 273 Å². The predicted molar refractivity (Wildman–Crippen MR) is 269 cm³/mol. The standard InChI is InChI=1S/C56H111NO5/c1-7-13-17-19-21-23-25-27-29-31-33-35-37-39-41-43-47-57(48-44-42-40-38-36-34-32-30-28-26-24-22-20-18-14-8-2)62-54(56(59)61-51-53(12-6)46-16-10-4)49-55(58)60-50-52(11-5)45-15-9-3/h52-54H,7-51H2,1-6H3. The highest BCUT2D eigenvalue weighted by atomic mass is 16.7. The monoisotopic (exact) mass is 878 g/mol. The van der Waals surface area contributed by atoms with Crippen molar-refractivity contribution in [2.45, 2.75) is 311 Å². The third kappa shape index (κ3) is 41.6. The molecule has 0 aliphatic carbocycles. The molecule has 0 N–H and O–H groups in total. The summed E-state index contributed by atoms with van der Waals surface area (Å²) >= 11 is 0. The molecule has 0 aliphatic heterocycles. The molecule has 6 nitrogen and oxygen atoms in total. The molecule has 0 heterocycles. The maximum absolute atomic E-state index is 13.7. The van der Waals surface area contributed by atoms with Gasteiger partial charge in [-0.25, -0.2) is 4.79 Å². The smallest absolute Gasteiger partial charge is 0.338 e. The van der Waals surface area contributed by atoms with E-state index in [9.17, 15) is 9.59 Å². The van der Waals surface area contributed by atoms with Crippen molar-refractivity contribution >= 4 is 11.9 Å². The third-order valence-corrected chi connectivity index (χ3v) is 13.4. The van der Waals surface area contributed by atoms with Gasteiger partial charge in [0.25, 0.3) is 0 Å². The largest absolute Gasteiger partial charge is 0.465 e. The Balaban J connectivity index is 5.07. The van der Waals surface area contributed by atoms with Crippen LogP contribution in [0.15, 0.2) is 0 Å². The van der Waals surface area contributed by atoms with E-state index in [0.29, 0.717) is 25.0 Å². The van der Waals surface area contributed by atoms with E-state index >= 15 is 0 Å². The first kappa shape index (κ1) is 60.9. The SMILES string of the molecule is CCCCCCCCCCCCCCCCCCN(CCCCCCCCCCCCCCCCCC)OC(CC(=O)OCC(CC)CCCC)C(=O)OCC(CC)CCCC. The second-order valence-electron chi connectivity index (χ2n) is 19.5. The van der Waals surface area contributed by atoms with Crippen LogP contribution in [0, 0.1) is 11.8 Å². The Morgan fingerprint density at radius 2 is 0.661 bits per heavy atom. The van der Waals surface area contributed by atoms with Crippen LogP contribution in [-0.2, 0) is 23.9 Å². The van der Waals surface area contributed by atoms with Gasteiger partial charge in [-0.15, -0.1) is 0 Å². The van der Waals surface area contributed by atoms with Crippen molar-refractivity contribution in [3.8, 4) is 0 Å². The number of hydroxylamine groups is 2. The van der Waals surface area contributed by atoms with Gasteiger partial charge < -0.3 is 9.47 Å². The number of unbranched alkanes of at least 4 members (excludes halogenated alkanes) is 32. The van der Waals surface area contributed by atoms with Gasteiger partial charge in [0.15, 0.2) is 6.10 Å². The van der Waals surface area contributed by atoms with Gasteiger partial charge in [0.2, 0.25) is 0 Å². The number of ether oxygens (including phenoxy) is 2. The molecule has 0 saturated carbocycles. The number of carbonyl (C=O) groups is 2. The summed E-state index contributed by atoms with van der Waals surface area (Å²) in [5, 5.41) is 2.01. The molecule has 0 amide bonds. The Morgan fingerprint density at radius 1 is 0.371 bits per heavy atom. The Hall–Kier alpha value is -1.14. The van der Waals surface area contributed by atoms with Crippen LogP contribution in [0.5, 0.6) is 0 Å². The van der Waals surface area contributed by atoms with Crippen LogP contribution >= 0.6 is 0 Å². The number of nitrogens with zero attached hydrogens (tertiary/aromatic N) is 1.